The average Bonchev–Trinajstić information content (AvgIpc) is 3.84. The van der Waals surface area contributed by atoms with Crippen LogP contribution in [0.2, 0.25) is 0 Å². The van der Waals surface area contributed by atoms with E-state index in [0.717, 1.165) is 75.7 Å². The second-order valence-electron chi connectivity index (χ2n) is 12.2. The molecule has 1 aliphatic heterocycles. The fourth-order valence-corrected chi connectivity index (χ4v) is 6.26. The van der Waals surface area contributed by atoms with E-state index < -0.39 is 0 Å². The van der Waals surface area contributed by atoms with Crippen LogP contribution in [0, 0.1) is 0 Å². The van der Waals surface area contributed by atoms with E-state index >= 15 is 0 Å². The lowest BCUT2D eigenvalue weighted by Gasteiger charge is -2.34. The number of pyridine rings is 2. The molecule has 2 aromatic carbocycles. The number of hydrogen-bond acceptors (Lipinski definition) is 8. The van der Waals surface area contributed by atoms with Crippen LogP contribution in [0.15, 0.2) is 114 Å². The van der Waals surface area contributed by atoms with Crippen molar-refractivity contribution in [2.24, 2.45) is 0 Å². The molecule has 282 valence electrons. The Labute approximate surface area is 326 Å². The molecule has 1 saturated heterocycles. The molecule has 4 aromatic heterocycles. The molecule has 5 heterocycles. The average molecular weight is 794 g/mol. The van der Waals surface area contributed by atoms with Gasteiger partial charge in [0.2, 0.25) is 0 Å². The zero-order chi connectivity index (χ0) is 36.5. The maximum atomic E-state index is 12.6. The smallest absolute Gasteiger partial charge is 0.340 e. The third-order valence-corrected chi connectivity index (χ3v) is 9.29. The standard InChI is InChI=1S/C23H26N4O2.C18H15BrN2O2.2CH4/c1-3-29-23(28)20-16-21(17-8-10-24-11-9-17)25-22(20)18-4-6-19(7-5-18)27-14-12-26(2)13-15-27;1-2-23-18(22)15-11-16(12-7-9-20-10-8-12)21-17(15)13-3-5-14(19)6-4-13;;/h4-11,16,25H,3,12-15H2,1-2H3;3-11,21H,2H2,1H3;2*1H4. The van der Waals surface area contributed by atoms with Gasteiger partial charge in [0, 0.05) is 83.6 Å². The summed E-state index contributed by atoms with van der Waals surface area (Å²) in [5.41, 5.74) is 9.37. The van der Waals surface area contributed by atoms with Gasteiger partial charge in [-0.05, 0) is 92.7 Å². The quantitative estimate of drug-likeness (QED) is 0.139. The number of H-pyrrole nitrogens is 2. The molecule has 0 aliphatic carbocycles. The number of aromatic nitrogens is 4. The van der Waals surface area contributed by atoms with Gasteiger partial charge in [-0.15, -0.1) is 0 Å². The molecular formula is C43H49BrN6O4. The number of likely N-dealkylation sites (N-methyl/N-ethyl adjacent to an activating group) is 1. The molecule has 0 radical (unpaired) electrons. The first-order valence-corrected chi connectivity index (χ1v) is 18.0. The van der Waals surface area contributed by atoms with Crippen molar-refractivity contribution in [2.45, 2.75) is 28.7 Å². The Morgan fingerprint density at radius 1 is 0.630 bits per heavy atom. The minimum Gasteiger partial charge on any atom is -0.462 e. The lowest BCUT2D eigenvalue weighted by atomic mass is 10.1. The van der Waals surface area contributed by atoms with Gasteiger partial charge in [0.05, 0.1) is 35.7 Å². The summed E-state index contributed by atoms with van der Waals surface area (Å²) in [7, 11) is 2.16. The first kappa shape index (κ1) is 41.2. The first-order valence-electron chi connectivity index (χ1n) is 17.3. The van der Waals surface area contributed by atoms with Crippen molar-refractivity contribution >= 4 is 33.6 Å². The van der Waals surface area contributed by atoms with E-state index in [-0.39, 0.29) is 26.8 Å². The maximum absolute atomic E-state index is 12.6. The third kappa shape index (κ3) is 9.91. The molecule has 0 bridgehead atoms. The number of ether oxygens (including phenoxy) is 2. The van der Waals surface area contributed by atoms with E-state index in [1.165, 1.54) is 5.69 Å². The van der Waals surface area contributed by atoms with Crippen LogP contribution in [0.3, 0.4) is 0 Å². The van der Waals surface area contributed by atoms with Gasteiger partial charge in [-0.25, -0.2) is 9.59 Å². The van der Waals surface area contributed by atoms with Gasteiger partial charge in [0.1, 0.15) is 0 Å². The summed E-state index contributed by atoms with van der Waals surface area (Å²) < 4.78 is 11.5. The Morgan fingerprint density at radius 2 is 1.04 bits per heavy atom. The summed E-state index contributed by atoms with van der Waals surface area (Å²) in [4.78, 5) is 44.4. The summed E-state index contributed by atoms with van der Waals surface area (Å²) in [6.45, 7) is 8.50. The van der Waals surface area contributed by atoms with Gasteiger partial charge in [-0.2, -0.15) is 0 Å². The van der Waals surface area contributed by atoms with E-state index in [2.05, 4.69) is 77.0 Å². The monoisotopic (exact) mass is 792 g/mol. The number of anilines is 1. The van der Waals surface area contributed by atoms with Crippen LogP contribution in [0.1, 0.15) is 49.4 Å². The highest BCUT2D eigenvalue weighted by molar-refractivity contribution is 9.10. The predicted octanol–water partition coefficient (Wildman–Crippen LogP) is 9.63. The highest BCUT2D eigenvalue weighted by atomic mass is 79.9. The summed E-state index contributed by atoms with van der Waals surface area (Å²) in [5, 5.41) is 0. The Bertz CT molecular complexity index is 2070. The number of carbonyl (C=O) groups is 2. The molecule has 0 amide bonds. The normalized spacial score (nSPS) is 12.4. The molecule has 10 nitrogen and oxygen atoms in total. The lowest BCUT2D eigenvalue weighted by Crippen LogP contribution is -2.44. The van der Waals surface area contributed by atoms with Crippen molar-refractivity contribution in [1.82, 2.24) is 24.8 Å². The molecule has 0 spiro atoms. The molecule has 0 atom stereocenters. The summed E-state index contributed by atoms with van der Waals surface area (Å²) in [6.07, 6.45) is 6.93. The van der Waals surface area contributed by atoms with E-state index in [1.807, 2.05) is 67.6 Å². The van der Waals surface area contributed by atoms with Crippen LogP contribution in [0.5, 0.6) is 0 Å². The number of rotatable bonds is 9. The summed E-state index contributed by atoms with van der Waals surface area (Å²) in [6, 6.07) is 27.5. The number of esters is 2. The number of hydrogen-bond donors (Lipinski definition) is 2. The van der Waals surface area contributed by atoms with Crippen molar-refractivity contribution in [3.63, 3.8) is 0 Å². The van der Waals surface area contributed by atoms with Gasteiger partial charge in [0.25, 0.3) is 0 Å². The Kier molecular flexibility index (Phi) is 14.9. The Hall–Kier alpha value is -5.52. The zero-order valence-corrected chi connectivity index (χ0v) is 31.0. The van der Waals surface area contributed by atoms with Crippen LogP contribution in [0.25, 0.3) is 45.0 Å². The number of carbonyl (C=O) groups excluding carboxylic acids is 2. The Balaban J connectivity index is 0.000000238. The molecular weight excluding hydrogens is 744 g/mol. The van der Waals surface area contributed by atoms with E-state index in [9.17, 15) is 9.59 Å². The van der Waals surface area contributed by atoms with Crippen LogP contribution in [-0.4, -0.2) is 83.2 Å². The molecule has 0 saturated carbocycles. The van der Waals surface area contributed by atoms with E-state index in [1.54, 1.807) is 31.7 Å². The number of benzene rings is 2. The predicted molar refractivity (Wildman–Crippen MR) is 222 cm³/mol. The van der Waals surface area contributed by atoms with Gasteiger partial charge in [0.15, 0.2) is 0 Å². The molecule has 1 aliphatic rings. The van der Waals surface area contributed by atoms with Crippen molar-refractivity contribution in [3.05, 3.63) is 125 Å². The number of nitrogens with zero attached hydrogens (tertiary/aromatic N) is 4. The molecule has 54 heavy (non-hydrogen) atoms. The van der Waals surface area contributed by atoms with Crippen LogP contribution in [-0.2, 0) is 9.47 Å². The first-order chi connectivity index (χ1) is 25.3. The zero-order valence-electron chi connectivity index (χ0n) is 29.4. The molecule has 7 rings (SSSR count). The second kappa shape index (κ2) is 19.5. The third-order valence-electron chi connectivity index (χ3n) is 8.77. The number of nitrogens with one attached hydrogen (secondary N) is 2. The fourth-order valence-electron chi connectivity index (χ4n) is 6.00. The molecule has 0 unspecified atom stereocenters. The minimum absolute atomic E-state index is 0. The SMILES string of the molecule is C.C.CCOC(=O)c1cc(-c2ccncc2)[nH]c1-c1ccc(Br)cc1.CCOC(=O)c1cc(-c2ccncc2)[nH]c1-c1ccc(N2CCN(C)CC2)cc1. The maximum Gasteiger partial charge on any atom is 0.340 e. The Morgan fingerprint density at radius 3 is 1.44 bits per heavy atom. The highest BCUT2D eigenvalue weighted by Crippen LogP contribution is 2.32. The van der Waals surface area contributed by atoms with Gasteiger partial charge >= 0.3 is 11.9 Å². The molecule has 6 aromatic rings. The number of piperazine rings is 1. The fraction of sp³-hybridized carbons (Fsp3) is 0.256. The lowest BCUT2D eigenvalue weighted by molar-refractivity contribution is 0.0518. The van der Waals surface area contributed by atoms with Crippen molar-refractivity contribution in [3.8, 4) is 45.0 Å². The molecule has 11 heteroatoms. The van der Waals surface area contributed by atoms with E-state index in [0.29, 0.717) is 24.3 Å². The topological polar surface area (TPSA) is 116 Å². The summed E-state index contributed by atoms with van der Waals surface area (Å²) >= 11 is 3.42. The summed E-state index contributed by atoms with van der Waals surface area (Å²) in [5.74, 6) is -0.649. The minimum atomic E-state index is -0.332. The van der Waals surface area contributed by atoms with E-state index in [4.69, 9.17) is 9.47 Å². The van der Waals surface area contributed by atoms with Gasteiger partial charge < -0.3 is 29.2 Å². The van der Waals surface area contributed by atoms with Crippen molar-refractivity contribution < 1.29 is 19.1 Å². The molecule has 1 fully saturated rings. The van der Waals surface area contributed by atoms with Gasteiger partial charge in [-0.3, -0.25) is 9.97 Å². The van der Waals surface area contributed by atoms with Crippen molar-refractivity contribution in [2.75, 3.05) is 51.3 Å². The number of halogens is 1. The van der Waals surface area contributed by atoms with Crippen LogP contribution >= 0.6 is 15.9 Å². The highest BCUT2D eigenvalue weighted by Gasteiger charge is 2.21. The second-order valence-corrected chi connectivity index (χ2v) is 13.1. The van der Waals surface area contributed by atoms with Crippen LogP contribution < -0.4 is 4.90 Å². The van der Waals surface area contributed by atoms with Gasteiger partial charge in [-0.1, -0.05) is 55.0 Å². The largest absolute Gasteiger partial charge is 0.462 e. The number of aromatic amines is 2. The van der Waals surface area contributed by atoms with Crippen molar-refractivity contribution in [1.29, 1.82) is 0 Å². The molecule has 2 N–H and O–H groups in total. The van der Waals surface area contributed by atoms with Crippen LogP contribution in [0.4, 0.5) is 5.69 Å².